The molecule has 6 nitrogen and oxygen atoms in total. The van der Waals surface area contributed by atoms with Gasteiger partial charge in [0.2, 0.25) is 0 Å². The smallest absolute Gasteiger partial charge is 0.166 e. The quantitative estimate of drug-likeness (QED) is 0.626. The molecule has 0 radical (unpaired) electrons. The minimum Gasteiger partial charge on any atom is -0.395 e. The van der Waals surface area contributed by atoms with E-state index in [4.69, 9.17) is 21.7 Å². The Balaban J connectivity index is 1.45. The molecule has 2 fully saturated rings. The second kappa shape index (κ2) is 9.65. The zero-order valence-electron chi connectivity index (χ0n) is 18.2. The molecular weight excluding hydrogens is 418 g/mol. The van der Waals surface area contributed by atoms with Gasteiger partial charge in [-0.3, -0.25) is 4.90 Å². The normalized spacial score (nSPS) is 19.7. The van der Waals surface area contributed by atoms with Gasteiger partial charge in [-0.2, -0.15) is 0 Å². The van der Waals surface area contributed by atoms with Crippen molar-refractivity contribution in [2.75, 3.05) is 63.9 Å². The number of imidazole rings is 1. The Kier molecular flexibility index (Phi) is 7.15. The number of hydrogen-bond acceptors (Lipinski definition) is 6. The van der Waals surface area contributed by atoms with Crippen LogP contribution < -0.4 is 4.90 Å². The number of piperidine rings is 1. The number of aliphatic hydroxyl groups is 1. The molecule has 8 heteroatoms. The fourth-order valence-electron chi connectivity index (χ4n) is 4.59. The van der Waals surface area contributed by atoms with Crippen molar-refractivity contribution >= 4 is 40.1 Å². The highest BCUT2D eigenvalue weighted by atomic mass is 35.5. The van der Waals surface area contributed by atoms with Gasteiger partial charge in [0.1, 0.15) is 0 Å². The summed E-state index contributed by atoms with van der Waals surface area (Å²) in [5.41, 5.74) is 3.03. The van der Waals surface area contributed by atoms with Crippen LogP contribution in [0.15, 0.2) is 17.3 Å². The molecule has 2 aliphatic rings. The minimum atomic E-state index is 0.0981. The molecule has 1 aromatic heterocycles. The Morgan fingerprint density at radius 2 is 1.80 bits per heavy atom. The molecule has 0 spiro atoms. The Bertz CT molecular complexity index is 843. The largest absolute Gasteiger partial charge is 0.395 e. The fraction of sp³-hybridized carbons (Fsp3) is 0.682. The van der Waals surface area contributed by atoms with Gasteiger partial charge in [0, 0.05) is 44.0 Å². The lowest BCUT2D eigenvalue weighted by molar-refractivity contribution is 0.189. The lowest BCUT2D eigenvalue weighted by Gasteiger charge is -2.36. The topological polar surface area (TPSA) is 58.6 Å². The Labute approximate surface area is 189 Å². The highest BCUT2D eigenvalue weighted by Gasteiger charge is 2.26. The van der Waals surface area contributed by atoms with Gasteiger partial charge in [-0.25, -0.2) is 4.98 Å². The first kappa shape index (κ1) is 22.2. The second-order valence-electron chi connectivity index (χ2n) is 9.11. The van der Waals surface area contributed by atoms with E-state index in [9.17, 15) is 0 Å². The van der Waals surface area contributed by atoms with Gasteiger partial charge in [-0.15, -0.1) is 0 Å². The molecule has 0 unspecified atom stereocenters. The Morgan fingerprint density at radius 3 is 2.50 bits per heavy atom. The molecule has 2 saturated heterocycles. The van der Waals surface area contributed by atoms with Crippen LogP contribution in [0.4, 0.5) is 5.69 Å². The van der Waals surface area contributed by atoms with E-state index in [2.05, 4.69) is 39.6 Å². The maximum atomic E-state index is 9.15. The maximum Gasteiger partial charge on any atom is 0.166 e. The van der Waals surface area contributed by atoms with E-state index in [-0.39, 0.29) is 11.4 Å². The molecule has 166 valence electrons. The maximum absolute atomic E-state index is 9.15. The standard InChI is InChI=1S/C22H34ClN5OS/c1-22(2,16-27-6-4-3-5-7-27)30-21-24-18-14-17(23)20(15-19(18)25-21)28-10-8-26(9-11-28)12-13-29/h14-15,29H,3-13,16H2,1-2H3,(H,24,25). The number of nitrogens with one attached hydrogen (secondary N) is 1. The van der Waals surface area contributed by atoms with E-state index >= 15 is 0 Å². The molecule has 0 bridgehead atoms. The first-order chi connectivity index (χ1) is 14.4. The first-order valence-electron chi connectivity index (χ1n) is 11.1. The summed E-state index contributed by atoms with van der Waals surface area (Å²) in [4.78, 5) is 15.6. The number of fused-ring (bicyclic) bond motifs is 1. The van der Waals surface area contributed by atoms with Gasteiger partial charge in [0.15, 0.2) is 5.16 Å². The number of rotatable bonds is 7. The number of aromatic amines is 1. The van der Waals surface area contributed by atoms with E-state index in [1.807, 2.05) is 17.8 Å². The summed E-state index contributed by atoms with van der Waals surface area (Å²) in [6, 6.07) is 4.14. The lowest BCUT2D eigenvalue weighted by Crippen LogP contribution is -2.47. The lowest BCUT2D eigenvalue weighted by atomic mass is 10.1. The summed E-state index contributed by atoms with van der Waals surface area (Å²) in [6.45, 7) is 12.8. The first-order valence-corrected chi connectivity index (χ1v) is 12.3. The van der Waals surface area contributed by atoms with Crippen molar-refractivity contribution in [2.24, 2.45) is 0 Å². The summed E-state index contributed by atoms with van der Waals surface area (Å²) >= 11 is 8.47. The van der Waals surface area contributed by atoms with Crippen LogP contribution in [0.3, 0.4) is 0 Å². The number of β-amino-alcohol motifs (C(OH)–C–C–N with tert-alkyl or cyclic N) is 1. The zero-order valence-corrected chi connectivity index (χ0v) is 19.7. The summed E-state index contributed by atoms with van der Waals surface area (Å²) in [5, 5.41) is 10.9. The third kappa shape index (κ3) is 5.43. The van der Waals surface area contributed by atoms with E-state index < -0.39 is 0 Å². The highest BCUT2D eigenvalue weighted by Crippen LogP contribution is 2.36. The van der Waals surface area contributed by atoms with Crippen LogP contribution in [-0.2, 0) is 0 Å². The molecule has 3 heterocycles. The van der Waals surface area contributed by atoms with Gasteiger partial charge in [0.05, 0.1) is 28.4 Å². The number of aliphatic hydroxyl groups excluding tert-OH is 1. The number of benzene rings is 1. The van der Waals surface area contributed by atoms with Gasteiger partial charge < -0.3 is 19.9 Å². The number of halogens is 1. The van der Waals surface area contributed by atoms with E-state index in [1.165, 1.54) is 32.4 Å². The molecule has 0 saturated carbocycles. The van der Waals surface area contributed by atoms with Crippen LogP contribution in [0.2, 0.25) is 5.02 Å². The van der Waals surface area contributed by atoms with Crippen molar-refractivity contribution in [1.82, 2.24) is 19.8 Å². The minimum absolute atomic E-state index is 0.0981. The molecule has 0 amide bonds. The predicted octanol–water partition coefficient (Wildman–Crippen LogP) is 3.69. The van der Waals surface area contributed by atoms with E-state index in [0.29, 0.717) is 0 Å². The van der Waals surface area contributed by atoms with Gasteiger partial charge in [0.25, 0.3) is 0 Å². The van der Waals surface area contributed by atoms with Crippen LogP contribution in [0, 0.1) is 0 Å². The average Bonchev–Trinajstić information content (AvgIpc) is 3.08. The average molecular weight is 452 g/mol. The number of anilines is 1. The molecule has 0 aliphatic carbocycles. The summed E-state index contributed by atoms with van der Waals surface area (Å²) in [7, 11) is 0. The summed E-state index contributed by atoms with van der Waals surface area (Å²) in [6.07, 6.45) is 4.01. The van der Waals surface area contributed by atoms with Crippen molar-refractivity contribution in [3.63, 3.8) is 0 Å². The number of hydrogen-bond donors (Lipinski definition) is 2. The van der Waals surface area contributed by atoms with Crippen molar-refractivity contribution in [3.8, 4) is 0 Å². The monoisotopic (exact) mass is 451 g/mol. The van der Waals surface area contributed by atoms with Gasteiger partial charge in [-0.05, 0) is 51.9 Å². The van der Waals surface area contributed by atoms with Crippen LogP contribution >= 0.6 is 23.4 Å². The van der Waals surface area contributed by atoms with Crippen LogP contribution in [-0.4, -0.2) is 88.6 Å². The highest BCUT2D eigenvalue weighted by molar-refractivity contribution is 8.00. The van der Waals surface area contributed by atoms with E-state index in [1.54, 1.807) is 0 Å². The number of likely N-dealkylation sites (tertiary alicyclic amines) is 1. The molecule has 0 atom stereocenters. The van der Waals surface area contributed by atoms with Crippen molar-refractivity contribution in [2.45, 2.75) is 43.0 Å². The van der Waals surface area contributed by atoms with E-state index in [0.717, 1.165) is 66.2 Å². The third-order valence-electron chi connectivity index (χ3n) is 6.08. The van der Waals surface area contributed by atoms with Crippen LogP contribution in [0.1, 0.15) is 33.1 Å². The molecule has 2 aliphatic heterocycles. The van der Waals surface area contributed by atoms with Crippen LogP contribution in [0.25, 0.3) is 11.0 Å². The SMILES string of the molecule is CC(C)(CN1CCCCC1)Sc1nc2cc(N3CCN(CCO)CC3)c(Cl)cc2[nH]1. The molecule has 2 aromatic rings. The molecule has 1 aromatic carbocycles. The van der Waals surface area contributed by atoms with Crippen molar-refractivity contribution in [3.05, 3.63) is 17.2 Å². The predicted molar refractivity (Wildman–Crippen MR) is 127 cm³/mol. The molecule has 4 rings (SSSR count). The number of thioether (sulfide) groups is 1. The number of nitrogens with zero attached hydrogens (tertiary/aromatic N) is 4. The number of H-pyrrole nitrogens is 1. The Morgan fingerprint density at radius 1 is 1.07 bits per heavy atom. The number of piperazine rings is 1. The van der Waals surface area contributed by atoms with Crippen molar-refractivity contribution in [1.29, 1.82) is 0 Å². The van der Waals surface area contributed by atoms with Crippen LogP contribution in [0.5, 0.6) is 0 Å². The van der Waals surface area contributed by atoms with Gasteiger partial charge in [-0.1, -0.05) is 29.8 Å². The summed E-state index contributed by atoms with van der Waals surface area (Å²) in [5.74, 6) is 0. The second-order valence-corrected chi connectivity index (χ2v) is 11.2. The van der Waals surface area contributed by atoms with Gasteiger partial charge >= 0.3 is 0 Å². The zero-order chi connectivity index (χ0) is 21.1. The third-order valence-corrected chi connectivity index (χ3v) is 7.46. The number of aromatic nitrogens is 2. The summed E-state index contributed by atoms with van der Waals surface area (Å²) < 4.78 is 0.0981. The Hall–Kier alpha value is -0.990. The molecule has 30 heavy (non-hydrogen) atoms. The molecule has 2 N–H and O–H groups in total. The van der Waals surface area contributed by atoms with Crippen molar-refractivity contribution < 1.29 is 5.11 Å². The molecular formula is C22H34ClN5OS. The fourth-order valence-corrected chi connectivity index (χ4v) is 5.95.